The highest BCUT2D eigenvalue weighted by Crippen LogP contribution is 2.25. The predicted octanol–water partition coefficient (Wildman–Crippen LogP) is -0.0357. The Morgan fingerprint density at radius 1 is 1.43 bits per heavy atom. The number of rotatable bonds is 6. The quantitative estimate of drug-likeness (QED) is 0.342. The lowest BCUT2D eigenvalue weighted by Gasteiger charge is -2.09. The van der Waals surface area contributed by atoms with Gasteiger partial charge < -0.3 is 19.5 Å². The lowest BCUT2D eigenvalue weighted by atomic mass is 10.2. The SMILES string of the molecule is COc1cc(/C=N\Nc2nc3c(c(=O)[nH]c(=O)n3C)n2C[C@@H](C)O)ccc1O. The number of aromatic hydroxyl groups is 1. The summed E-state index contributed by atoms with van der Waals surface area (Å²) in [5, 5.41) is 23.5. The normalized spacial score (nSPS) is 12.6. The molecule has 0 saturated heterocycles. The smallest absolute Gasteiger partial charge is 0.329 e. The molecule has 3 rings (SSSR count). The number of phenols is 1. The number of aromatic nitrogens is 4. The van der Waals surface area contributed by atoms with E-state index in [9.17, 15) is 19.8 Å². The summed E-state index contributed by atoms with van der Waals surface area (Å²) in [7, 11) is 2.92. The Morgan fingerprint density at radius 3 is 2.86 bits per heavy atom. The van der Waals surface area contributed by atoms with E-state index in [1.807, 2.05) is 0 Å². The third-order valence-corrected chi connectivity index (χ3v) is 4.04. The number of nitrogens with one attached hydrogen (secondary N) is 2. The second-order valence-corrected chi connectivity index (χ2v) is 6.19. The van der Waals surface area contributed by atoms with E-state index in [1.54, 1.807) is 19.1 Å². The lowest BCUT2D eigenvalue weighted by Crippen LogP contribution is -2.29. The van der Waals surface area contributed by atoms with E-state index in [1.165, 1.54) is 35.6 Å². The zero-order valence-corrected chi connectivity index (χ0v) is 15.5. The highest BCUT2D eigenvalue weighted by Gasteiger charge is 2.18. The summed E-state index contributed by atoms with van der Waals surface area (Å²) in [6.45, 7) is 1.64. The topological polar surface area (TPSA) is 147 Å². The summed E-state index contributed by atoms with van der Waals surface area (Å²) < 4.78 is 7.70. The standard InChI is InChI=1S/C17H20N6O5/c1-9(24)8-23-13-14(22(2)17(27)20-15(13)26)19-16(23)21-18-7-10-4-5-11(25)12(6-10)28-3/h4-7,9,24-25H,8H2,1-3H3,(H,19,21)(H,20,26,27)/b18-7-/t9-/m1/s1. The van der Waals surface area contributed by atoms with Crippen LogP contribution in [0.3, 0.4) is 0 Å². The third kappa shape index (κ3) is 3.60. The molecular weight excluding hydrogens is 368 g/mol. The highest BCUT2D eigenvalue weighted by atomic mass is 16.5. The second-order valence-electron chi connectivity index (χ2n) is 6.19. The minimum atomic E-state index is -0.764. The Hall–Kier alpha value is -3.60. The van der Waals surface area contributed by atoms with E-state index in [0.29, 0.717) is 11.3 Å². The molecule has 3 aromatic rings. The third-order valence-electron chi connectivity index (χ3n) is 4.04. The number of H-pyrrole nitrogens is 1. The van der Waals surface area contributed by atoms with Crippen molar-refractivity contribution in [2.75, 3.05) is 12.5 Å². The van der Waals surface area contributed by atoms with Gasteiger partial charge in [0.2, 0.25) is 5.95 Å². The minimum Gasteiger partial charge on any atom is -0.504 e. The molecule has 1 atom stereocenters. The number of aliphatic hydroxyl groups excluding tert-OH is 1. The van der Waals surface area contributed by atoms with Gasteiger partial charge in [-0.25, -0.2) is 10.2 Å². The molecule has 28 heavy (non-hydrogen) atoms. The van der Waals surface area contributed by atoms with Gasteiger partial charge in [-0.15, -0.1) is 0 Å². The lowest BCUT2D eigenvalue weighted by molar-refractivity contribution is 0.175. The number of benzene rings is 1. The van der Waals surface area contributed by atoms with Crippen molar-refractivity contribution in [3.8, 4) is 11.5 Å². The Morgan fingerprint density at radius 2 is 2.18 bits per heavy atom. The molecule has 0 aliphatic rings. The van der Waals surface area contributed by atoms with E-state index >= 15 is 0 Å². The van der Waals surface area contributed by atoms with Crippen LogP contribution in [0.5, 0.6) is 11.5 Å². The zero-order chi connectivity index (χ0) is 20.4. The van der Waals surface area contributed by atoms with Gasteiger partial charge in [-0.05, 0) is 30.7 Å². The van der Waals surface area contributed by atoms with Crippen LogP contribution < -0.4 is 21.4 Å². The van der Waals surface area contributed by atoms with Gasteiger partial charge in [0.05, 0.1) is 26.0 Å². The van der Waals surface area contributed by atoms with Crippen molar-refractivity contribution in [1.82, 2.24) is 19.1 Å². The Kier molecular flexibility index (Phi) is 5.18. The van der Waals surface area contributed by atoms with Gasteiger partial charge in [0, 0.05) is 7.05 Å². The van der Waals surface area contributed by atoms with Crippen LogP contribution in [0.15, 0.2) is 32.9 Å². The molecule has 4 N–H and O–H groups in total. The van der Waals surface area contributed by atoms with Crippen LogP contribution in [0.25, 0.3) is 11.2 Å². The molecule has 11 nitrogen and oxygen atoms in total. The number of imidazole rings is 1. The fourth-order valence-electron chi connectivity index (χ4n) is 2.70. The number of fused-ring (bicyclic) bond motifs is 1. The van der Waals surface area contributed by atoms with Gasteiger partial charge >= 0.3 is 5.69 Å². The number of methoxy groups -OCH3 is 1. The molecule has 0 spiro atoms. The first-order chi connectivity index (χ1) is 13.3. The van der Waals surface area contributed by atoms with E-state index in [4.69, 9.17) is 4.74 Å². The highest BCUT2D eigenvalue weighted by molar-refractivity contribution is 5.81. The van der Waals surface area contributed by atoms with Crippen LogP contribution in [0, 0.1) is 0 Å². The minimum absolute atomic E-state index is 0.00600. The molecule has 1 aromatic carbocycles. The van der Waals surface area contributed by atoms with Crippen molar-refractivity contribution < 1.29 is 14.9 Å². The van der Waals surface area contributed by atoms with Crippen molar-refractivity contribution in [3.63, 3.8) is 0 Å². The maximum atomic E-state index is 12.3. The van der Waals surface area contributed by atoms with E-state index in [0.717, 1.165) is 0 Å². The molecule has 2 aromatic heterocycles. The van der Waals surface area contributed by atoms with Crippen LogP contribution in [-0.2, 0) is 13.6 Å². The van der Waals surface area contributed by atoms with Crippen molar-refractivity contribution in [2.24, 2.45) is 12.1 Å². The van der Waals surface area contributed by atoms with Gasteiger partial charge in [-0.2, -0.15) is 10.1 Å². The largest absolute Gasteiger partial charge is 0.504 e. The van der Waals surface area contributed by atoms with E-state index in [-0.39, 0.29) is 29.4 Å². The number of anilines is 1. The van der Waals surface area contributed by atoms with Crippen LogP contribution >= 0.6 is 0 Å². The maximum Gasteiger partial charge on any atom is 0.329 e. The summed E-state index contributed by atoms with van der Waals surface area (Å²) in [6.07, 6.45) is 0.706. The molecule has 0 unspecified atom stereocenters. The van der Waals surface area contributed by atoms with Gasteiger partial charge in [-0.3, -0.25) is 14.3 Å². The molecule has 0 aliphatic heterocycles. The number of aromatic amines is 1. The number of hydrogen-bond acceptors (Lipinski definition) is 8. The first kappa shape index (κ1) is 19.2. The molecule has 0 amide bonds. The zero-order valence-electron chi connectivity index (χ0n) is 15.5. The first-order valence-corrected chi connectivity index (χ1v) is 8.35. The van der Waals surface area contributed by atoms with Crippen LogP contribution in [0.2, 0.25) is 0 Å². The second kappa shape index (κ2) is 7.56. The van der Waals surface area contributed by atoms with Crippen LogP contribution in [0.1, 0.15) is 12.5 Å². The Labute approximate surface area is 158 Å². The number of hydrogen-bond donors (Lipinski definition) is 4. The monoisotopic (exact) mass is 388 g/mol. The summed E-state index contributed by atoms with van der Waals surface area (Å²) >= 11 is 0. The fraction of sp³-hybridized carbons (Fsp3) is 0.294. The number of hydrazone groups is 1. The molecule has 0 radical (unpaired) electrons. The van der Waals surface area contributed by atoms with Gasteiger partial charge in [0.15, 0.2) is 22.7 Å². The molecule has 0 fully saturated rings. The molecule has 0 bridgehead atoms. The van der Waals surface area contributed by atoms with Gasteiger partial charge in [0.1, 0.15) is 0 Å². The average Bonchev–Trinajstić information content (AvgIpc) is 2.99. The molecule has 0 aliphatic carbocycles. The van der Waals surface area contributed by atoms with Gasteiger partial charge in [-0.1, -0.05) is 0 Å². The molecule has 2 heterocycles. The summed E-state index contributed by atoms with van der Waals surface area (Å²) in [5.74, 6) is 0.489. The van der Waals surface area contributed by atoms with Crippen LogP contribution in [-0.4, -0.2) is 48.7 Å². The van der Waals surface area contributed by atoms with Crippen molar-refractivity contribution in [3.05, 3.63) is 44.6 Å². The number of aryl methyl sites for hydroxylation is 1. The summed E-state index contributed by atoms with van der Waals surface area (Å²) in [4.78, 5) is 30.5. The molecule has 0 saturated carbocycles. The van der Waals surface area contributed by atoms with E-state index in [2.05, 4.69) is 20.5 Å². The van der Waals surface area contributed by atoms with Crippen molar-refractivity contribution in [1.29, 1.82) is 0 Å². The van der Waals surface area contributed by atoms with Crippen molar-refractivity contribution in [2.45, 2.75) is 19.6 Å². The number of phenolic OH excluding ortho intramolecular Hbond substituents is 1. The number of aliphatic hydroxyl groups is 1. The fourth-order valence-corrected chi connectivity index (χ4v) is 2.70. The van der Waals surface area contributed by atoms with Gasteiger partial charge in [0.25, 0.3) is 5.56 Å². The molecule has 11 heteroatoms. The first-order valence-electron chi connectivity index (χ1n) is 8.35. The molecule has 148 valence electrons. The summed E-state index contributed by atoms with van der Waals surface area (Å²) in [6, 6.07) is 4.70. The Balaban J connectivity index is 2.00. The molecular formula is C17H20N6O5. The van der Waals surface area contributed by atoms with Crippen molar-refractivity contribution >= 4 is 23.3 Å². The number of nitrogens with zero attached hydrogens (tertiary/aromatic N) is 4. The van der Waals surface area contributed by atoms with Crippen LogP contribution in [0.4, 0.5) is 5.95 Å². The number of ether oxygens (including phenoxy) is 1. The Bertz CT molecular complexity index is 1160. The van der Waals surface area contributed by atoms with E-state index < -0.39 is 17.4 Å². The summed E-state index contributed by atoms with van der Waals surface area (Å²) in [5.41, 5.74) is 2.48. The average molecular weight is 388 g/mol. The maximum absolute atomic E-state index is 12.3. The predicted molar refractivity (Wildman–Crippen MR) is 103 cm³/mol.